The van der Waals surface area contributed by atoms with E-state index in [1.54, 1.807) is 6.07 Å². The summed E-state index contributed by atoms with van der Waals surface area (Å²) < 4.78 is 19.0. The van der Waals surface area contributed by atoms with Crippen LogP contribution in [0.2, 0.25) is 0 Å². The highest BCUT2D eigenvalue weighted by atomic mass is 19.1. The largest absolute Gasteiger partial charge is 0.378 e. The Morgan fingerprint density at radius 2 is 1.83 bits per heavy atom. The molecule has 6 heteroatoms. The fourth-order valence-electron chi connectivity index (χ4n) is 3.33. The van der Waals surface area contributed by atoms with Gasteiger partial charge in [-0.2, -0.15) is 0 Å². The standard InChI is InChI=1S/C21H29FN4O.C3H8/c1-3-5-7-16(4-2)21-24-19(23-18-9-6-8-17(22)14-18)15-20(25-21)26-10-12-27-13-11-26;1-3-2/h6,8-9,14-16H,3-5,7,10-13H2,1-2H3,(H,23,24,25);3H2,1-2H3. The summed E-state index contributed by atoms with van der Waals surface area (Å²) in [7, 11) is 0. The van der Waals surface area contributed by atoms with Gasteiger partial charge in [0.1, 0.15) is 23.3 Å². The Morgan fingerprint density at radius 3 is 2.47 bits per heavy atom. The van der Waals surface area contributed by atoms with Crippen molar-refractivity contribution in [3.63, 3.8) is 0 Å². The number of rotatable bonds is 8. The second-order valence-electron chi connectivity index (χ2n) is 7.66. The third-order valence-electron chi connectivity index (χ3n) is 4.93. The molecule has 0 aliphatic carbocycles. The number of aromatic nitrogens is 2. The number of hydrogen-bond donors (Lipinski definition) is 1. The summed E-state index contributed by atoms with van der Waals surface area (Å²) in [4.78, 5) is 11.9. The first-order chi connectivity index (χ1) is 14.6. The number of morpholine rings is 1. The summed E-state index contributed by atoms with van der Waals surface area (Å²) in [6.45, 7) is 11.7. The van der Waals surface area contributed by atoms with Crippen LogP contribution in [0.1, 0.15) is 71.5 Å². The van der Waals surface area contributed by atoms with E-state index in [0.29, 0.717) is 30.6 Å². The third kappa shape index (κ3) is 7.56. The summed E-state index contributed by atoms with van der Waals surface area (Å²) in [6, 6.07) is 8.40. The Hall–Kier alpha value is -2.21. The number of nitrogens with zero attached hydrogens (tertiary/aromatic N) is 3. The van der Waals surface area contributed by atoms with Gasteiger partial charge in [0.15, 0.2) is 0 Å². The smallest absolute Gasteiger partial charge is 0.136 e. The normalized spacial score (nSPS) is 14.6. The van der Waals surface area contributed by atoms with E-state index in [1.165, 1.54) is 18.6 Å². The van der Waals surface area contributed by atoms with E-state index in [1.807, 2.05) is 12.1 Å². The number of benzene rings is 1. The van der Waals surface area contributed by atoms with Gasteiger partial charge in [0.25, 0.3) is 0 Å². The highest BCUT2D eigenvalue weighted by Gasteiger charge is 2.19. The minimum atomic E-state index is -0.267. The van der Waals surface area contributed by atoms with E-state index < -0.39 is 0 Å². The lowest BCUT2D eigenvalue weighted by molar-refractivity contribution is 0.122. The first kappa shape index (κ1) is 24.1. The predicted octanol–water partition coefficient (Wildman–Crippen LogP) is 6.30. The molecule has 0 amide bonds. The molecule has 0 spiro atoms. The van der Waals surface area contributed by atoms with Crippen molar-refractivity contribution in [2.45, 2.75) is 65.7 Å². The molecule has 1 fully saturated rings. The van der Waals surface area contributed by atoms with Crippen molar-refractivity contribution in [2.75, 3.05) is 36.5 Å². The number of anilines is 3. The lowest BCUT2D eigenvalue weighted by Crippen LogP contribution is -2.37. The molecule has 1 aliphatic heterocycles. The van der Waals surface area contributed by atoms with Gasteiger partial charge >= 0.3 is 0 Å². The average molecular weight is 417 g/mol. The topological polar surface area (TPSA) is 50.3 Å². The number of hydrogen-bond acceptors (Lipinski definition) is 5. The summed E-state index contributed by atoms with van der Waals surface area (Å²) in [5, 5.41) is 3.25. The monoisotopic (exact) mass is 416 g/mol. The van der Waals surface area contributed by atoms with Crippen LogP contribution in [0.15, 0.2) is 30.3 Å². The molecule has 2 aromatic rings. The van der Waals surface area contributed by atoms with Gasteiger partial charge < -0.3 is 15.0 Å². The van der Waals surface area contributed by atoms with Crippen LogP contribution >= 0.6 is 0 Å². The van der Waals surface area contributed by atoms with Gasteiger partial charge in [0.05, 0.1) is 13.2 Å². The first-order valence-corrected chi connectivity index (χ1v) is 11.3. The zero-order valence-electron chi connectivity index (χ0n) is 19.0. The molecule has 1 aliphatic rings. The van der Waals surface area contributed by atoms with Gasteiger partial charge in [0, 0.05) is 30.8 Å². The Kier molecular flexibility index (Phi) is 10.6. The number of nitrogens with one attached hydrogen (secondary N) is 1. The Balaban J connectivity index is 0.00000101. The zero-order chi connectivity index (χ0) is 21.8. The molecule has 0 saturated carbocycles. The second kappa shape index (κ2) is 13.2. The molecule has 3 rings (SSSR count). The maximum atomic E-state index is 13.5. The van der Waals surface area contributed by atoms with Crippen molar-refractivity contribution < 1.29 is 9.13 Å². The SMILES string of the molecule is CCC.CCCCC(CC)c1nc(Nc2cccc(F)c2)cc(N2CCOCC2)n1. The average Bonchev–Trinajstić information content (AvgIpc) is 2.75. The van der Waals surface area contributed by atoms with E-state index >= 15 is 0 Å². The first-order valence-electron chi connectivity index (χ1n) is 11.3. The zero-order valence-corrected chi connectivity index (χ0v) is 19.0. The molecule has 0 bridgehead atoms. The van der Waals surface area contributed by atoms with E-state index in [0.717, 1.165) is 50.4 Å². The maximum Gasteiger partial charge on any atom is 0.136 e. The number of halogens is 1. The van der Waals surface area contributed by atoms with Gasteiger partial charge in [-0.15, -0.1) is 0 Å². The fraction of sp³-hybridized carbons (Fsp3) is 0.583. The van der Waals surface area contributed by atoms with Crippen molar-refractivity contribution in [3.8, 4) is 0 Å². The van der Waals surface area contributed by atoms with Crippen LogP contribution in [0.5, 0.6) is 0 Å². The lowest BCUT2D eigenvalue weighted by atomic mass is 9.98. The molecule has 0 radical (unpaired) electrons. The van der Waals surface area contributed by atoms with Crippen LogP contribution in [0, 0.1) is 5.82 Å². The van der Waals surface area contributed by atoms with Crippen molar-refractivity contribution in [1.82, 2.24) is 9.97 Å². The van der Waals surface area contributed by atoms with Crippen LogP contribution in [0.4, 0.5) is 21.7 Å². The van der Waals surface area contributed by atoms with E-state index in [4.69, 9.17) is 14.7 Å². The molecular formula is C24H37FN4O. The third-order valence-corrected chi connectivity index (χ3v) is 4.93. The molecule has 1 aromatic heterocycles. The molecule has 5 nitrogen and oxygen atoms in total. The van der Waals surface area contributed by atoms with Crippen molar-refractivity contribution >= 4 is 17.3 Å². The Morgan fingerprint density at radius 1 is 1.10 bits per heavy atom. The number of unbranched alkanes of at least 4 members (excludes halogenated alkanes) is 1. The Labute approximate surface area is 181 Å². The second-order valence-corrected chi connectivity index (χ2v) is 7.66. The molecule has 2 heterocycles. The van der Waals surface area contributed by atoms with Gasteiger partial charge in [-0.05, 0) is 31.0 Å². The number of ether oxygens (including phenoxy) is 1. The fourth-order valence-corrected chi connectivity index (χ4v) is 3.33. The van der Waals surface area contributed by atoms with Gasteiger partial charge in [-0.3, -0.25) is 0 Å². The van der Waals surface area contributed by atoms with Crippen LogP contribution in [0.3, 0.4) is 0 Å². The molecule has 1 saturated heterocycles. The molecule has 1 atom stereocenters. The highest BCUT2D eigenvalue weighted by molar-refractivity contribution is 5.60. The minimum Gasteiger partial charge on any atom is -0.378 e. The quantitative estimate of drug-likeness (QED) is 0.547. The molecule has 1 N–H and O–H groups in total. The van der Waals surface area contributed by atoms with Crippen LogP contribution in [-0.4, -0.2) is 36.3 Å². The maximum absolute atomic E-state index is 13.5. The van der Waals surface area contributed by atoms with E-state index in [2.05, 4.69) is 37.9 Å². The lowest BCUT2D eigenvalue weighted by Gasteiger charge is -2.29. The van der Waals surface area contributed by atoms with Gasteiger partial charge in [0.2, 0.25) is 0 Å². The summed E-state index contributed by atoms with van der Waals surface area (Å²) in [5.74, 6) is 2.56. The van der Waals surface area contributed by atoms with Crippen LogP contribution in [-0.2, 0) is 4.74 Å². The summed E-state index contributed by atoms with van der Waals surface area (Å²) >= 11 is 0. The van der Waals surface area contributed by atoms with Crippen LogP contribution in [0.25, 0.3) is 0 Å². The molecule has 1 aromatic carbocycles. The molecule has 30 heavy (non-hydrogen) atoms. The Bertz CT molecular complexity index is 750. The van der Waals surface area contributed by atoms with Crippen LogP contribution < -0.4 is 10.2 Å². The molecule has 166 valence electrons. The van der Waals surface area contributed by atoms with E-state index in [-0.39, 0.29) is 5.82 Å². The molecular weight excluding hydrogens is 379 g/mol. The highest BCUT2D eigenvalue weighted by Crippen LogP contribution is 2.28. The predicted molar refractivity (Wildman–Crippen MR) is 123 cm³/mol. The molecule has 1 unspecified atom stereocenters. The summed E-state index contributed by atoms with van der Waals surface area (Å²) in [6.07, 6.45) is 5.66. The van der Waals surface area contributed by atoms with Crippen molar-refractivity contribution in [1.29, 1.82) is 0 Å². The minimum absolute atomic E-state index is 0.267. The summed E-state index contributed by atoms with van der Waals surface area (Å²) in [5.41, 5.74) is 0.689. The van der Waals surface area contributed by atoms with Crippen molar-refractivity contribution in [3.05, 3.63) is 42.0 Å². The van der Waals surface area contributed by atoms with E-state index in [9.17, 15) is 4.39 Å². The van der Waals surface area contributed by atoms with Crippen molar-refractivity contribution in [2.24, 2.45) is 0 Å². The van der Waals surface area contributed by atoms with Gasteiger partial charge in [-0.1, -0.05) is 53.0 Å². The van der Waals surface area contributed by atoms with Gasteiger partial charge in [-0.25, -0.2) is 14.4 Å².